The molecule has 0 aliphatic rings. The van der Waals surface area contributed by atoms with E-state index in [0.29, 0.717) is 0 Å². The highest BCUT2D eigenvalue weighted by Gasteiger charge is 2.44. The molecule has 140 valence electrons. The van der Waals surface area contributed by atoms with Crippen molar-refractivity contribution in [3.05, 3.63) is 84.3 Å². The molecule has 0 radical (unpaired) electrons. The van der Waals surface area contributed by atoms with Gasteiger partial charge >= 0.3 is 0 Å². The Balaban J connectivity index is 1.75. The van der Waals surface area contributed by atoms with Gasteiger partial charge in [0.25, 0.3) is 5.91 Å². The Bertz CT molecular complexity index is 861. The van der Waals surface area contributed by atoms with Crippen molar-refractivity contribution >= 4 is 5.91 Å². The molecule has 0 bridgehead atoms. The minimum atomic E-state index is -1.73. The van der Waals surface area contributed by atoms with E-state index in [4.69, 9.17) is 14.4 Å². The molecule has 3 aromatic rings. The number of hydroxylamine groups is 1. The van der Waals surface area contributed by atoms with Crippen molar-refractivity contribution in [3.8, 4) is 11.1 Å². The van der Waals surface area contributed by atoms with Gasteiger partial charge in [0, 0.05) is 0 Å². The van der Waals surface area contributed by atoms with E-state index in [9.17, 15) is 9.90 Å². The summed E-state index contributed by atoms with van der Waals surface area (Å²) in [7, 11) is 0. The van der Waals surface area contributed by atoms with Crippen LogP contribution in [0.2, 0.25) is 0 Å². The predicted molar refractivity (Wildman–Crippen MR) is 98.7 cm³/mol. The molecule has 27 heavy (non-hydrogen) atoms. The summed E-state index contributed by atoms with van der Waals surface area (Å²) in [5.41, 5.74) is 2.80. The summed E-state index contributed by atoms with van der Waals surface area (Å²) in [6.45, 7) is 1.46. The maximum atomic E-state index is 12.1. The Morgan fingerprint density at radius 1 is 1.07 bits per heavy atom. The van der Waals surface area contributed by atoms with Gasteiger partial charge in [-0.15, -0.1) is 0 Å². The number of aliphatic hydroxyl groups is 1. The van der Waals surface area contributed by atoms with Crippen molar-refractivity contribution in [1.29, 1.82) is 0 Å². The van der Waals surface area contributed by atoms with Gasteiger partial charge in [-0.1, -0.05) is 54.6 Å². The van der Waals surface area contributed by atoms with Crippen LogP contribution in [0.15, 0.2) is 77.4 Å². The molecule has 0 fully saturated rings. The van der Waals surface area contributed by atoms with Crippen molar-refractivity contribution in [2.75, 3.05) is 0 Å². The van der Waals surface area contributed by atoms with Crippen LogP contribution < -0.4 is 5.48 Å². The summed E-state index contributed by atoms with van der Waals surface area (Å²) >= 11 is 0. The lowest BCUT2D eigenvalue weighted by molar-refractivity contribution is -0.175. The van der Waals surface area contributed by atoms with E-state index in [-0.39, 0.29) is 12.4 Å². The number of rotatable bonds is 7. The van der Waals surface area contributed by atoms with Crippen LogP contribution >= 0.6 is 0 Å². The molecule has 2 aromatic carbocycles. The monoisotopic (exact) mass is 367 g/mol. The van der Waals surface area contributed by atoms with Crippen LogP contribution in [-0.4, -0.2) is 21.8 Å². The SMILES string of the molecule is C[C@@](OCc1ccc(-c2ccccc2)cc1)(C(=O)NO)[C@@H](O)c1ccco1. The van der Waals surface area contributed by atoms with Crippen LogP contribution in [0.1, 0.15) is 24.4 Å². The van der Waals surface area contributed by atoms with Crippen molar-refractivity contribution in [2.24, 2.45) is 0 Å². The van der Waals surface area contributed by atoms with Crippen LogP contribution in [0.25, 0.3) is 11.1 Å². The minimum Gasteiger partial charge on any atom is -0.466 e. The van der Waals surface area contributed by atoms with Crippen molar-refractivity contribution < 1.29 is 24.3 Å². The molecule has 2 atom stereocenters. The summed E-state index contributed by atoms with van der Waals surface area (Å²) in [6, 6.07) is 20.8. The van der Waals surface area contributed by atoms with Gasteiger partial charge < -0.3 is 14.3 Å². The summed E-state index contributed by atoms with van der Waals surface area (Å²) < 4.78 is 10.9. The molecule has 0 unspecified atom stereocenters. The largest absolute Gasteiger partial charge is 0.466 e. The van der Waals surface area contributed by atoms with Gasteiger partial charge in [-0.05, 0) is 35.7 Å². The van der Waals surface area contributed by atoms with Gasteiger partial charge in [0.15, 0.2) is 5.60 Å². The maximum Gasteiger partial charge on any atom is 0.278 e. The lowest BCUT2D eigenvalue weighted by atomic mass is 9.95. The van der Waals surface area contributed by atoms with E-state index in [1.54, 1.807) is 11.5 Å². The molecule has 1 aromatic heterocycles. The van der Waals surface area contributed by atoms with Gasteiger partial charge in [-0.25, -0.2) is 5.48 Å². The van der Waals surface area contributed by atoms with Gasteiger partial charge in [0.1, 0.15) is 11.9 Å². The third-order valence-corrected chi connectivity index (χ3v) is 4.49. The van der Waals surface area contributed by atoms with Crippen LogP contribution in [-0.2, 0) is 16.1 Å². The Labute approximate surface area is 157 Å². The summed E-state index contributed by atoms with van der Waals surface area (Å²) in [4.78, 5) is 12.1. The van der Waals surface area contributed by atoms with E-state index >= 15 is 0 Å². The zero-order chi connectivity index (χ0) is 19.3. The molecule has 0 spiro atoms. The number of hydrogen-bond donors (Lipinski definition) is 3. The van der Waals surface area contributed by atoms with E-state index in [0.717, 1.165) is 16.7 Å². The molecule has 6 nitrogen and oxygen atoms in total. The van der Waals surface area contributed by atoms with Crippen LogP contribution in [0.5, 0.6) is 0 Å². The first kappa shape index (κ1) is 18.8. The second kappa shape index (κ2) is 8.18. The molecular weight excluding hydrogens is 346 g/mol. The number of ether oxygens (including phenoxy) is 1. The number of hydrogen-bond acceptors (Lipinski definition) is 5. The van der Waals surface area contributed by atoms with Crippen molar-refractivity contribution in [1.82, 2.24) is 5.48 Å². The number of benzene rings is 2. The lowest BCUT2D eigenvalue weighted by Crippen LogP contribution is -2.49. The van der Waals surface area contributed by atoms with Gasteiger partial charge in [-0.2, -0.15) is 0 Å². The van der Waals surface area contributed by atoms with Crippen LogP contribution in [0.3, 0.4) is 0 Å². The predicted octanol–water partition coefficient (Wildman–Crippen LogP) is 3.46. The summed E-state index contributed by atoms with van der Waals surface area (Å²) in [5, 5.41) is 19.6. The average Bonchev–Trinajstić information content (AvgIpc) is 3.26. The Morgan fingerprint density at radius 2 is 1.74 bits per heavy atom. The number of carbonyl (C=O) groups is 1. The Morgan fingerprint density at radius 3 is 2.33 bits per heavy atom. The fourth-order valence-electron chi connectivity index (χ4n) is 2.76. The number of nitrogens with one attached hydrogen (secondary N) is 1. The average molecular weight is 367 g/mol. The first-order valence-electron chi connectivity index (χ1n) is 8.49. The highest BCUT2D eigenvalue weighted by Crippen LogP contribution is 2.31. The molecule has 6 heteroatoms. The quantitative estimate of drug-likeness (QED) is 0.439. The third kappa shape index (κ3) is 4.09. The molecule has 0 aliphatic carbocycles. The normalized spacial score (nSPS) is 14.3. The van der Waals surface area contributed by atoms with Gasteiger partial charge in [0.05, 0.1) is 12.9 Å². The van der Waals surface area contributed by atoms with E-state index in [1.807, 2.05) is 54.6 Å². The smallest absolute Gasteiger partial charge is 0.278 e. The lowest BCUT2D eigenvalue weighted by Gasteiger charge is -2.31. The van der Waals surface area contributed by atoms with Gasteiger partial charge in [0.2, 0.25) is 0 Å². The number of carbonyl (C=O) groups excluding carboxylic acids is 1. The molecule has 1 amide bonds. The molecule has 0 saturated carbocycles. The molecule has 1 heterocycles. The third-order valence-electron chi connectivity index (χ3n) is 4.49. The minimum absolute atomic E-state index is 0.0662. The molecule has 3 N–H and O–H groups in total. The Kier molecular flexibility index (Phi) is 5.71. The number of amides is 1. The van der Waals surface area contributed by atoms with Crippen LogP contribution in [0, 0.1) is 0 Å². The Hall–Kier alpha value is -2.93. The van der Waals surface area contributed by atoms with E-state index in [2.05, 4.69) is 0 Å². The summed E-state index contributed by atoms with van der Waals surface area (Å²) in [5.74, 6) is -0.701. The molecule has 0 aliphatic heterocycles. The number of furan rings is 1. The van der Waals surface area contributed by atoms with E-state index < -0.39 is 17.6 Å². The van der Waals surface area contributed by atoms with Gasteiger partial charge in [-0.3, -0.25) is 10.0 Å². The molecule has 3 rings (SSSR count). The zero-order valence-corrected chi connectivity index (χ0v) is 14.8. The molecule has 0 saturated heterocycles. The maximum absolute atomic E-state index is 12.1. The zero-order valence-electron chi connectivity index (χ0n) is 14.8. The molecular formula is C21H21NO5. The standard InChI is InChI=1S/C21H21NO5/c1-21(20(24)22-25,19(23)18-8-5-13-26-18)27-14-15-9-11-17(12-10-15)16-6-3-2-4-7-16/h2-13,19,23,25H,14H2,1H3,(H,22,24)/t19-,21-/m0/s1. The fourth-order valence-corrected chi connectivity index (χ4v) is 2.76. The first-order valence-corrected chi connectivity index (χ1v) is 8.49. The van der Waals surface area contributed by atoms with Crippen LogP contribution in [0.4, 0.5) is 0 Å². The second-order valence-electron chi connectivity index (χ2n) is 6.32. The first-order chi connectivity index (χ1) is 13.0. The van der Waals surface area contributed by atoms with Crippen molar-refractivity contribution in [3.63, 3.8) is 0 Å². The summed E-state index contributed by atoms with van der Waals surface area (Å²) in [6.07, 6.45) is 0.00115. The highest BCUT2D eigenvalue weighted by atomic mass is 16.5. The number of aliphatic hydroxyl groups excluding tert-OH is 1. The fraction of sp³-hybridized carbons (Fsp3) is 0.190. The topological polar surface area (TPSA) is 91.9 Å². The second-order valence-corrected chi connectivity index (χ2v) is 6.32. The highest BCUT2D eigenvalue weighted by molar-refractivity contribution is 5.84. The van der Waals surface area contributed by atoms with E-state index in [1.165, 1.54) is 19.3 Å². The van der Waals surface area contributed by atoms with Crippen molar-refractivity contribution in [2.45, 2.75) is 25.2 Å².